The number of rotatable bonds is 8. The lowest BCUT2D eigenvalue weighted by Crippen LogP contribution is -2.17. The van der Waals surface area contributed by atoms with Crippen LogP contribution in [0.3, 0.4) is 0 Å². The van der Waals surface area contributed by atoms with Gasteiger partial charge in [0.05, 0.1) is 6.54 Å². The van der Waals surface area contributed by atoms with Crippen LogP contribution in [0.4, 0.5) is 0 Å². The molecule has 0 aliphatic carbocycles. The molecule has 0 atom stereocenters. The van der Waals surface area contributed by atoms with Crippen LogP contribution in [0.15, 0.2) is 40.8 Å². The molecule has 2 rings (SSSR count). The summed E-state index contributed by atoms with van der Waals surface area (Å²) in [5, 5.41) is 3.45. The average Bonchev–Trinajstić information content (AvgIpc) is 2.84. The highest BCUT2D eigenvalue weighted by Crippen LogP contribution is 2.12. The predicted molar refractivity (Wildman–Crippen MR) is 87.1 cm³/mol. The van der Waals surface area contributed by atoms with Crippen LogP contribution in [0.25, 0.3) is 0 Å². The lowest BCUT2D eigenvalue weighted by atomic mass is 10.1. The molecular formula is C18H26N2O. The Morgan fingerprint density at radius 3 is 2.62 bits per heavy atom. The number of benzene rings is 1. The third-order valence-electron chi connectivity index (χ3n) is 3.42. The van der Waals surface area contributed by atoms with Gasteiger partial charge in [0.15, 0.2) is 0 Å². The first kappa shape index (κ1) is 15.8. The van der Waals surface area contributed by atoms with Crippen molar-refractivity contribution < 1.29 is 4.42 Å². The molecule has 0 radical (unpaired) electrons. The second-order valence-electron chi connectivity index (χ2n) is 5.68. The summed E-state index contributed by atoms with van der Waals surface area (Å²) in [7, 11) is 2.12. The maximum absolute atomic E-state index is 5.63. The van der Waals surface area contributed by atoms with E-state index in [2.05, 4.69) is 54.5 Å². The zero-order chi connectivity index (χ0) is 15.1. The third kappa shape index (κ3) is 5.37. The molecule has 2 aromatic rings. The molecule has 0 spiro atoms. The summed E-state index contributed by atoms with van der Waals surface area (Å²) in [5.41, 5.74) is 2.69. The normalized spacial score (nSPS) is 11.2. The Kier molecular flexibility index (Phi) is 6.03. The Hall–Kier alpha value is -1.58. The van der Waals surface area contributed by atoms with Crippen LogP contribution in [0.5, 0.6) is 0 Å². The fraction of sp³-hybridized carbons (Fsp3) is 0.444. The Morgan fingerprint density at radius 2 is 1.90 bits per heavy atom. The lowest BCUT2D eigenvalue weighted by Gasteiger charge is -2.16. The van der Waals surface area contributed by atoms with E-state index in [0.29, 0.717) is 0 Å². The maximum Gasteiger partial charge on any atom is 0.118 e. The zero-order valence-corrected chi connectivity index (χ0v) is 13.4. The van der Waals surface area contributed by atoms with E-state index in [4.69, 9.17) is 4.42 Å². The molecule has 0 saturated carbocycles. The van der Waals surface area contributed by atoms with Crippen molar-refractivity contribution in [2.24, 2.45) is 0 Å². The fourth-order valence-corrected chi connectivity index (χ4v) is 2.45. The van der Waals surface area contributed by atoms with Crippen LogP contribution in [0.2, 0.25) is 0 Å². The highest BCUT2D eigenvalue weighted by Gasteiger charge is 2.05. The summed E-state index contributed by atoms with van der Waals surface area (Å²) in [6.07, 6.45) is 1.17. The molecule has 0 unspecified atom stereocenters. The van der Waals surface area contributed by atoms with Gasteiger partial charge in [-0.25, -0.2) is 0 Å². The minimum absolute atomic E-state index is 0.839. The molecule has 1 heterocycles. The molecule has 1 N–H and O–H groups in total. The van der Waals surface area contributed by atoms with Crippen LogP contribution < -0.4 is 5.32 Å². The Morgan fingerprint density at radius 1 is 1.10 bits per heavy atom. The molecule has 0 fully saturated rings. The standard InChI is InChI=1S/C18H26N2O/c1-4-10-19-12-16-6-5-7-17(11-16)13-20(3)14-18-9-8-15(2)21-18/h5-9,11,19H,4,10,12-14H2,1-3H3. The summed E-state index contributed by atoms with van der Waals surface area (Å²) >= 11 is 0. The SMILES string of the molecule is CCCNCc1cccc(CN(C)Cc2ccc(C)o2)c1. The number of nitrogens with zero attached hydrogens (tertiary/aromatic N) is 1. The van der Waals surface area contributed by atoms with E-state index in [1.54, 1.807) is 0 Å². The Labute approximate surface area is 128 Å². The Bertz CT molecular complexity index is 548. The first-order valence-corrected chi connectivity index (χ1v) is 7.69. The molecule has 3 nitrogen and oxygen atoms in total. The van der Waals surface area contributed by atoms with Crippen LogP contribution in [0.1, 0.15) is 36.0 Å². The number of furan rings is 1. The van der Waals surface area contributed by atoms with Crippen LogP contribution in [0, 0.1) is 6.92 Å². The quantitative estimate of drug-likeness (QED) is 0.750. The number of hydrogen-bond acceptors (Lipinski definition) is 3. The van der Waals surface area contributed by atoms with Crippen LogP contribution >= 0.6 is 0 Å². The molecule has 114 valence electrons. The average molecular weight is 286 g/mol. The van der Waals surface area contributed by atoms with Crippen molar-refractivity contribution in [1.29, 1.82) is 0 Å². The van der Waals surface area contributed by atoms with E-state index >= 15 is 0 Å². The van der Waals surface area contributed by atoms with E-state index in [0.717, 1.165) is 37.7 Å². The monoisotopic (exact) mass is 286 g/mol. The summed E-state index contributed by atoms with van der Waals surface area (Å²) in [5.74, 6) is 2.00. The summed E-state index contributed by atoms with van der Waals surface area (Å²) in [6, 6.07) is 12.9. The van der Waals surface area contributed by atoms with Gasteiger partial charge in [-0.3, -0.25) is 4.90 Å². The van der Waals surface area contributed by atoms with Crippen LogP contribution in [-0.4, -0.2) is 18.5 Å². The van der Waals surface area contributed by atoms with Crippen molar-refractivity contribution in [3.63, 3.8) is 0 Å². The molecule has 1 aromatic heterocycles. The molecule has 1 aromatic carbocycles. The second kappa shape index (κ2) is 8.01. The van der Waals surface area contributed by atoms with Gasteiger partial charge in [0.25, 0.3) is 0 Å². The third-order valence-corrected chi connectivity index (χ3v) is 3.42. The summed E-state index contributed by atoms with van der Waals surface area (Å²) < 4.78 is 5.63. The minimum atomic E-state index is 0.839. The minimum Gasteiger partial charge on any atom is -0.465 e. The molecular weight excluding hydrogens is 260 g/mol. The van der Waals surface area contributed by atoms with Gasteiger partial charge in [0, 0.05) is 13.1 Å². The van der Waals surface area contributed by atoms with Crippen molar-refractivity contribution >= 4 is 0 Å². The van der Waals surface area contributed by atoms with Crippen LogP contribution in [-0.2, 0) is 19.6 Å². The molecule has 0 saturated heterocycles. The van der Waals surface area contributed by atoms with Gasteiger partial charge in [0.1, 0.15) is 11.5 Å². The van der Waals surface area contributed by atoms with E-state index in [9.17, 15) is 0 Å². The largest absolute Gasteiger partial charge is 0.465 e. The molecule has 0 bridgehead atoms. The Balaban J connectivity index is 1.88. The number of nitrogens with one attached hydrogen (secondary N) is 1. The zero-order valence-electron chi connectivity index (χ0n) is 13.4. The lowest BCUT2D eigenvalue weighted by molar-refractivity contribution is 0.285. The molecule has 0 amide bonds. The number of aryl methyl sites for hydroxylation is 1. The van der Waals surface area contributed by atoms with Gasteiger partial charge in [-0.15, -0.1) is 0 Å². The van der Waals surface area contributed by atoms with E-state index in [-0.39, 0.29) is 0 Å². The molecule has 3 heteroatoms. The smallest absolute Gasteiger partial charge is 0.118 e. The maximum atomic E-state index is 5.63. The number of hydrogen-bond donors (Lipinski definition) is 1. The first-order valence-electron chi connectivity index (χ1n) is 7.69. The summed E-state index contributed by atoms with van der Waals surface area (Å²) in [6.45, 7) is 7.96. The van der Waals surface area contributed by atoms with Gasteiger partial charge in [0.2, 0.25) is 0 Å². The molecule has 0 aliphatic heterocycles. The second-order valence-corrected chi connectivity index (χ2v) is 5.68. The van der Waals surface area contributed by atoms with Crippen molar-refractivity contribution in [1.82, 2.24) is 10.2 Å². The van der Waals surface area contributed by atoms with E-state index in [1.807, 2.05) is 13.0 Å². The van der Waals surface area contributed by atoms with Crippen molar-refractivity contribution in [2.75, 3.05) is 13.6 Å². The molecule has 21 heavy (non-hydrogen) atoms. The van der Waals surface area contributed by atoms with Crippen molar-refractivity contribution in [2.45, 2.75) is 39.9 Å². The van der Waals surface area contributed by atoms with E-state index in [1.165, 1.54) is 17.5 Å². The van der Waals surface area contributed by atoms with Gasteiger partial charge in [-0.1, -0.05) is 31.2 Å². The predicted octanol–water partition coefficient (Wildman–Crippen LogP) is 3.72. The van der Waals surface area contributed by atoms with Gasteiger partial charge < -0.3 is 9.73 Å². The van der Waals surface area contributed by atoms with Gasteiger partial charge in [-0.2, -0.15) is 0 Å². The summed E-state index contributed by atoms with van der Waals surface area (Å²) in [4.78, 5) is 2.27. The topological polar surface area (TPSA) is 28.4 Å². The highest BCUT2D eigenvalue weighted by atomic mass is 16.3. The molecule has 0 aliphatic rings. The van der Waals surface area contributed by atoms with E-state index < -0.39 is 0 Å². The fourth-order valence-electron chi connectivity index (χ4n) is 2.45. The van der Waals surface area contributed by atoms with Gasteiger partial charge >= 0.3 is 0 Å². The highest BCUT2D eigenvalue weighted by molar-refractivity contribution is 5.23. The van der Waals surface area contributed by atoms with Crippen molar-refractivity contribution in [3.8, 4) is 0 Å². The van der Waals surface area contributed by atoms with Gasteiger partial charge in [-0.05, 0) is 50.2 Å². The first-order chi connectivity index (χ1) is 10.2. The van der Waals surface area contributed by atoms with Crippen molar-refractivity contribution in [3.05, 3.63) is 59.0 Å².